The van der Waals surface area contributed by atoms with Crippen molar-refractivity contribution in [2.45, 2.75) is 20.8 Å². The summed E-state index contributed by atoms with van der Waals surface area (Å²) in [4.78, 5) is 4.46. The average molecular weight is 292 g/mol. The number of benzene rings is 1. The number of nitrogens with two attached hydrogens (primary N) is 1. The molecule has 1 aromatic rings. The molecule has 0 fully saturated rings. The van der Waals surface area contributed by atoms with Crippen molar-refractivity contribution in [1.82, 2.24) is 4.90 Å². The lowest BCUT2D eigenvalue weighted by Crippen LogP contribution is -2.35. The van der Waals surface area contributed by atoms with Gasteiger partial charge in [-0.15, -0.1) is 0 Å². The van der Waals surface area contributed by atoms with Crippen LogP contribution in [0.1, 0.15) is 25.0 Å². The molecule has 0 saturated carbocycles. The van der Waals surface area contributed by atoms with Gasteiger partial charge in [0.1, 0.15) is 0 Å². The van der Waals surface area contributed by atoms with Crippen LogP contribution in [0.3, 0.4) is 0 Å². The Morgan fingerprint density at radius 2 is 1.95 bits per heavy atom. The molecule has 0 aliphatic heterocycles. The summed E-state index contributed by atoms with van der Waals surface area (Å²) in [6.07, 6.45) is 0. The Labute approximate surface area is 128 Å². The first-order chi connectivity index (χ1) is 9.85. The number of amidine groups is 1. The molecule has 0 aliphatic rings. The van der Waals surface area contributed by atoms with Crippen molar-refractivity contribution in [3.05, 3.63) is 29.3 Å². The predicted molar refractivity (Wildman–Crippen MR) is 89.3 cm³/mol. The molecule has 0 heterocycles. The average Bonchev–Trinajstić information content (AvgIpc) is 2.42. The number of hydrogen-bond donors (Lipinski definition) is 2. The Bertz CT molecular complexity index is 483. The van der Waals surface area contributed by atoms with Gasteiger partial charge in [0.05, 0.1) is 0 Å². The summed E-state index contributed by atoms with van der Waals surface area (Å²) in [5.41, 5.74) is 8.75. The fourth-order valence-corrected chi connectivity index (χ4v) is 2.26. The second-order valence-corrected chi connectivity index (χ2v) is 6.15. The smallest absolute Gasteiger partial charge is 0.172 e. The molecule has 21 heavy (non-hydrogen) atoms. The Morgan fingerprint density at radius 3 is 2.48 bits per heavy atom. The van der Waals surface area contributed by atoms with Gasteiger partial charge in [0.15, 0.2) is 5.84 Å². The van der Waals surface area contributed by atoms with Gasteiger partial charge >= 0.3 is 0 Å². The number of oxime groups is 1. The standard InChI is InChI=1S/C16H28N4O/c1-12(2)11-20(9-8-19(4)5)15-7-6-13(3)10-14(15)16(17)18-21/h6-7,10,12,21H,8-9,11H2,1-5H3,(H2,17,18). The van der Waals surface area contributed by atoms with E-state index in [1.807, 2.05) is 13.0 Å². The zero-order valence-corrected chi connectivity index (χ0v) is 13.8. The maximum absolute atomic E-state index is 9.02. The molecular weight excluding hydrogens is 264 g/mol. The second-order valence-electron chi connectivity index (χ2n) is 6.15. The van der Waals surface area contributed by atoms with Crippen LogP contribution in [0.4, 0.5) is 5.69 Å². The molecule has 0 spiro atoms. The van der Waals surface area contributed by atoms with Crippen molar-refractivity contribution in [3.8, 4) is 0 Å². The molecule has 0 radical (unpaired) electrons. The van der Waals surface area contributed by atoms with E-state index in [4.69, 9.17) is 10.9 Å². The maximum atomic E-state index is 9.02. The minimum Gasteiger partial charge on any atom is -0.409 e. The highest BCUT2D eigenvalue weighted by Crippen LogP contribution is 2.23. The third-order valence-corrected chi connectivity index (χ3v) is 3.28. The van der Waals surface area contributed by atoms with Crippen LogP contribution < -0.4 is 10.6 Å². The van der Waals surface area contributed by atoms with Crippen molar-refractivity contribution in [3.63, 3.8) is 0 Å². The molecule has 1 rings (SSSR count). The van der Waals surface area contributed by atoms with Gasteiger partial charge in [-0.3, -0.25) is 0 Å². The summed E-state index contributed by atoms with van der Waals surface area (Å²) >= 11 is 0. The monoisotopic (exact) mass is 292 g/mol. The van der Waals surface area contributed by atoms with E-state index in [1.165, 1.54) is 0 Å². The molecule has 0 saturated heterocycles. The molecule has 0 atom stereocenters. The largest absolute Gasteiger partial charge is 0.409 e. The summed E-state index contributed by atoms with van der Waals surface area (Å²) in [5, 5.41) is 12.2. The number of hydrogen-bond acceptors (Lipinski definition) is 4. The summed E-state index contributed by atoms with van der Waals surface area (Å²) in [5.74, 6) is 0.695. The number of anilines is 1. The lowest BCUT2D eigenvalue weighted by Gasteiger charge is -2.30. The van der Waals surface area contributed by atoms with E-state index in [-0.39, 0.29) is 5.84 Å². The maximum Gasteiger partial charge on any atom is 0.172 e. The minimum absolute atomic E-state index is 0.160. The van der Waals surface area contributed by atoms with Crippen molar-refractivity contribution in [2.75, 3.05) is 38.6 Å². The van der Waals surface area contributed by atoms with Crippen molar-refractivity contribution < 1.29 is 5.21 Å². The molecule has 0 aliphatic carbocycles. The molecule has 0 unspecified atom stereocenters. The lowest BCUT2D eigenvalue weighted by molar-refractivity contribution is 0.318. The zero-order valence-electron chi connectivity index (χ0n) is 13.8. The Hall–Kier alpha value is -1.75. The van der Waals surface area contributed by atoms with E-state index in [1.54, 1.807) is 0 Å². The Kier molecular flexibility index (Phi) is 6.49. The van der Waals surface area contributed by atoms with Gasteiger partial charge in [-0.2, -0.15) is 0 Å². The Balaban J connectivity index is 3.16. The minimum atomic E-state index is 0.160. The van der Waals surface area contributed by atoms with E-state index < -0.39 is 0 Å². The van der Waals surface area contributed by atoms with E-state index >= 15 is 0 Å². The van der Waals surface area contributed by atoms with Crippen molar-refractivity contribution in [1.29, 1.82) is 0 Å². The van der Waals surface area contributed by atoms with Crippen LogP contribution in [0.25, 0.3) is 0 Å². The van der Waals surface area contributed by atoms with E-state index in [9.17, 15) is 0 Å². The SMILES string of the molecule is Cc1ccc(N(CCN(C)C)CC(C)C)c(/C(N)=N/O)c1. The fraction of sp³-hybridized carbons (Fsp3) is 0.562. The van der Waals surface area contributed by atoms with Crippen LogP contribution in [0.2, 0.25) is 0 Å². The first kappa shape index (κ1) is 17.3. The van der Waals surface area contributed by atoms with Gasteiger partial charge in [0, 0.05) is 30.9 Å². The Morgan fingerprint density at radius 1 is 1.29 bits per heavy atom. The first-order valence-electron chi connectivity index (χ1n) is 7.33. The van der Waals surface area contributed by atoms with Crippen molar-refractivity contribution in [2.24, 2.45) is 16.8 Å². The summed E-state index contributed by atoms with van der Waals surface area (Å²) in [6.45, 7) is 9.18. The van der Waals surface area contributed by atoms with Crippen LogP contribution in [0.15, 0.2) is 23.4 Å². The molecule has 5 nitrogen and oxygen atoms in total. The van der Waals surface area contributed by atoms with Crippen LogP contribution in [-0.4, -0.2) is 49.7 Å². The first-order valence-corrected chi connectivity index (χ1v) is 7.33. The predicted octanol–water partition coefficient (Wildman–Crippen LogP) is 2.11. The third-order valence-electron chi connectivity index (χ3n) is 3.28. The topological polar surface area (TPSA) is 65.1 Å². The summed E-state index contributed by atoms with van der Waals surface area (Å²) in [6, 6.07) is 6.08. The van der Waals surface area contributed by atoms with Gasteiger partial charge in [-0.05, 0) is 39.1 Å². The zero-order chi connectivity index (χ0) is 16.0. The summed E-state index contributed by atoms with van der Waals surface area (Å²) in [7, 11) is 4.13. The number of aryl methyl sites for hydroxylation is 1. The molecule has 0 amide bonds. The van der Waals surface area contributed by atoms with Crippen LogP contribution in [-0.2, 0) is 0 Å². The van der Waals surface area contributed by atoms with Crippen LogP contribution in [0.5, 0.6) is 0 Å². The highest BCUT2D eigenvalue weighted by atomic mass is 16.4. The number of rotatable bonds is 7. The molecule has 0 aromatic heterocycles. The lowest BCUT2D eigenvalue weighted by atomic mass is 10.1. The second kappa shape index (κ2) is 7.88. The molecule has 1 aromatic carbocycles. The third kappa shape index (κ3) is 5.27. The summed E-state index contributed by atoms with van der Waals surface area (Å²) < 4.78 is 0. The van der Waals surface area contributed by atoms with Crippen molar-refractivity contribution >= 4 is 11.5 Å². The van der Waals surface area contributed by atoms with E-state index in [0.717, 1.165) is 36.4 Å². The van der Waals surface area contributed by atoms with E-state index in [2.05, 4.69) is 55.0 Å². The number of nitrogens with zero attached hydrogens (tertiary/aromatic N) is 3. The molecule has 0 bridgehead atoms. The number of likely N-dealkylation sites (N-methyl/N-ethyl adjacent to an activating group) is 1. The van der Waals surface area contributed by atoms with Crippen LogP contribution >= 0.6 is 0 Å². The molecule has 5 heteroatoms. The molecule has 3 N–H and O–H groups in total. The van der Waals surface area contributed by atoms with Gasteiger partial charge in [-0.1, -0.05) is 30.6 Å². The highest BCUT2D eigenvalue weighted by Gasteiger charge is 2.15. The van der Waals surface area contributed by atoms with Gasteiger partial charge in [-0.25, -0.2) is 0 Å². The quantitative estimate of drug-likeness (QED) is 0.350. The van der Waals surface area contributed by atoms with E-state index in [0.29, 0.717) is 5.92 Å². The van der Waals surface area contributed by atoms with Gasteiger partial charge in [0.2, 0.25) is 0 Å². The van der Waals surface area contributed by atoms with Gasteiger partial charge < -0.3 is 20.7 Å². The molecular formula is C16H28N4O. The fourth-order valence-electron chi connectivity index (χ4n) is 2.26. The normalized spacial score (nSPS) is 12.2. The van der Waals surface area contributed by atoms with Crippen LogP contribution in [0, 0.1) is 12.8 Å². The molecule has 118 valence electrons. The highest BCUT2D eigenvalue weighted by molar-refractivity contribution is 6.02. The van der Waals surface area contributed by atoms with Gasteiger partial charge in [0.25, 0.3) is 0 Å².